The lowest BCUT2D eigenvalue weighted by molar-refractivity contribution is -0.133. The zero-order valence-electron chi connectivity index (χ0n) is 23.9. The first-order valence-electron chi connectivity index (χ1n) is 13.7. The van der Waals surface area contributed by atoms with Gasteiger partial charge >= 0.3 is 0 Å². The summed E-state index contributed by atoms with van der Waals surface area (Å²) in [5.74, 6) is -2.40. The molecule has 0 saturated heterocycles. The molecule has 40 heavy (non-hydrogen) atoms. The Bertz CT molecular complexity index is 1430. The van der Waals surface area contributed by atoms with E-state index in [0.717, 1.165) is 21.9 Å². The highest BCUT2D eigenvalue weighted by Crippen LogP contribution is 2.33. The van der Waals surface area contributed by atoms with Crippen molar-refractivity contribution in [2.24, 2.45) is 11.8 Å². The van der Waals surface area contributed by atoms with E-state index in [0.29, 0.717) is 12.7 Å². The lowest BCUT2D eigenvalue weighted by Crippen LogP contribution is -2.57. The first kappa shape index (κ1) is 31.0. The van der Waals surface area contributed by atoms with Crippen molar-refractivity contribution in [2.75, 3.05) is 5.75 Å². The molecule has 2 N–H and O–H groups in total. The van der Waals surface area contributed by atoms with Crippen molar-refractivity contribution in [2.45, 2.75) is 64.3 Å². The van der Waals surface area contributed by atoms with E-state index in [9.17, 15) is 22.8 Å². The Labute approximate surface area is 237 Å². The van der Waals surface area contributed by atoms with Gasteiger partial charge in [-0.3, -0.25) is 9.59 Å². The van der Waals surface area contributed by atoms with Crippen LogP contribution in [0.5, 0.6) is 0 Å². The number of aldehydes is 1. The van der Waals surface area contributed by atoms with Gasteiger partial charge in [-0.25, -0.2) is 8.42 Å². The Balaban J connectivity index is 1.90. The van der Waals surface area contributed by atoms with Crippen LogP contribution in [0.4, 0.5) is 0 Å². The van der Waals surface area contributed by atoms with Gasteiger partial charge in [0.05, 0.1) is 16.7 Å². The van der Waals surface area contributed by atoms with Crippen LogP contribution >= 0.6 is 0 Å². The first-order valence-corrected chi connectivity index (χ1v) is 15.3. The van der Waals surface area contributed by atoms with Crippen molar-refractivity contribution >= 4 is 38.7 Å². The van der Waals surface area contributed by atoms with E-state index >= 15 is 0 Å². The van der Waals surface area contributed by atoms with Crippen molar-refractivity contribution in [3.05, 3.63) is 83.9 Å². The summed E-state index contributed by atoms with van der Waals surface area (Å²) >= 11 is 0. The Morgan fingerprint density at radius 3 is 2.10 bits per heavy atom. The minimum Gasteiger partial charge on any atom is -0.344 e. The summed E-state index contributed by atoms with van der Waals surface area (Å²) in [5, 5.41) is 7.54. The second-order valence-electron chi connectivity index (χ2n) is 11.1. The van der Waals surface area contributed by atoms with Crippen LogP contribution in [0.3, 0.4) is 0 Å². The van der Waals surface area contributed by atoms with Gasteiger partial charge in [-0.15, -0.1) is 0 Å². The molecule has 0 bridgehead atoms. The van der Waals surface area contributed by atoms with Crippen LogP contribution in [-0.2, 0) is 37.1 Å². The van der Waals surface area contributed by atoms with Crippen LogP contribution < -0.4 is 10.6 Å². The van der Waals surface area contributed by atoms with Gasteiger partial charge in [0.2, 0.25) is 11.8 Å². The average Bonchev–Trinajstić information content (AvgIpc) is 2.94. The highest BCUT2D eigenvalue weighted by Gasteiger charge is 2.45. The molecule has 0 spiro atoms. The molecule has 0 saturated carbocycles. The van der Waals surface area contributed by atoms with Gasteiger partial charge in [0.15, 0.2) is 9.84 Å². The standard InChI is InChI=1S/C32H40N2O5S/c1-6-40(38,39)32(4,5)28(20-25-17-12-16-24-15-10-11-18-27(24)25)30(36)34-29(22(2)3)31(37)33-26(21-35)19-23-13-8-7-9-14-23/h7-18,21-22,26,28-29H,6,19-20H2,1-5H3,(H,33,37)(H,34,36)/t26-,28-,29-/m0/s1. The lowest BCUT2D eigenvalue weighted by atomic mass is 9.85. The molecular formula is C32H40N2O5S. The van der Waals surface area contributed by atoms with Crippen molar-refractivity contribution < 1.29 is 22.8 Å². The topological polar surface area (TPSA) is 109 Å². The first-order chi connectivity index (χ1) is 18.9. The minimum absolute atomic E-state index is 0.117. The highest BCUT2D eigenvalue weighted by atomic mass is 32.2. The van der Waals surface area contributed by atoms with Gasteiger partial charge in [-0.05, 0) is 54.5 Å². The average molecular weight is 565 g/mol. The SMILES string of the molecule is CCS(=O)(=O)C(C)(C)[C@@H](Cc1cccc2ccccc12)C(=O)N[C@H](C(=O)N[C@H](C=O)Cc1ccccc1)C(C)C. The largest absolute Gasteiger partial charge is 0.344 e. The van der Waals surface area contributed by atoms with Gasteiger partial charge in [-0.2, -0.15) is 0 Å². The number of fused-ring (bicyclic) bond motifs is 1. The summed E-state index contributed by atoms with van der Waals surface area (Å²) in [6.45, 7) is 8.32. The van der Waals surface area contributed by atoms with E-state index < -0.39 is 44.4 Å². The smallest absolute Gasteiger partial charge is 0.243 e. The number of rotatable bonds is 13. The number of amides is 2. The van der Waals surface area contributed by atoms with E-state index in [2.05, 4.69) is 10.6 Å². The molecule has 8 heteroatoms. The number of hydrogen-bond acceptors (Lipinski definition) is 5. The quantitative estimate of drug-likeness (QED) is 0.301. The van der Waals surface area contributed by atoms with Gasteiger partial charge in [0.1, 0.15) is 12.3 Å². The third-order valence-corrected chi connectivity index (χ3v) is 10.3. The number of hydrogen-bond donors (Lipinski definition) is 2. The van der Waals surface area contributed by atoms with Crippen LogP contribution in [0, 0.1) is 11.8 Å². The fourth-order valence-corrected chi connectivity index (χ4v) is 6.36. The summed E-state index contributed by atoms with van der Waals surface area (Å²) in [6.07, 6.45) is 1.18. The molecule has 214 valence electrons. The molecule has 3 aromatic rings. The summed E-state index contributed by atoms with van der Waals surface area (Å²) in [6, 6.07) is 21.2. The molecule has 0 unspecified atom stereocenters. The maximum Gasteiger partial charge on any atom is 0.243 e. The number of nitrogens with one attached hydrogen (secondary N) is 2. The molecule has 0 heterocycles. The zero-order chi connectivity index (χ0) is 29.5. The molecule has 3 rings (SSSR count). The van der Waals surface area contributed by atoms with Gasteiger partial charge in [0, 0.05) is 5.75 Å². The second kappa shape index (κ2) is 13.2. The van der Waals surface area contributed by atoms with E-state index in [4.69, 9.17) is 0 Å². The zero-order valence-corrected chi connectivity index (χ0v) is 24.7. The van der Waals surface area contributed by atoms with E-state index in [1.807, 2.05) is 72.8 Å². The molecule has 0 aromatic heterocycles. The number of carbonyl (C=O) groups excluding carboxylic acids is 3. The molecule has 0 fully saturated rings. The van der Waals surface area contributed by atoms with Gasteiger partial charge in [0.25, 0.3) is 0 Å². The van der Waals surface area contributed by atoms with Crippen molar-refractivity contribution in [1.29, 1.82) is 0 Å². The summed E-state index contributed by atoms with van der Waals surface area (Å²) in [7, 11) is -3.66. The number of sulfone groups is 1. The molecule has 3 aromatic carbocycles. The lowest BCUT2D eigenvalue weighted by Gasteiger charge is -2.35. The van der Waals surface area contributed by atoms with Crippen molar-refractivity contribution in [1.82, 2.24) is 10.6 Å². The maximum atomic E-state index is 13.9. The molecular weight excluding hydrogens is 524 g/mol. The summed E-state index contributed by atoms with van der Waals surface area (Å²) in [5.41, 5.74) is 1.75. The van der Waals surface area contributed by atoms with Crippen LogP contribution in [0.1, 0.15) is 45.7 Å². The van der Waals surface area contributed by atoms with Crippen LogP contribution in [0.15, 0.2) is 72.8 Å². The predicted octanol–water partition coefficient (Wildman–Crippen LogP) is 4.28. The molecule has 0 aliphatic rings. The molecule has 2 amide bonds. The maximum absolute atomic E-state index is 13.9. The Morgan fingerprint density at radius 1 is 0.850 bits per heavy atom. The summed E-state index contributed by atoms with van der Waals surface area (Å²) < 4.78 is 25.1. The molecule has 0 radical (unpaired) electrons. The van der Waals surface area contributed by atoms with Crippen molar-refractivity contribution in [3.8, 4) is 0 Å². The second-order valence-corrected chi connectivity index (χ2v) is 13.9. The van der Waals surface area contributed by atoms with E-state index in [1.54, 1.807) is 34.6 Å². The van der Waals surface area contributed by atoms with Gasteiger partial charge < -0.3 is 15.4 Å². The molecule has 0 aliphatic carbocycles. The number of benzene rings is 3. The van der Waals surface area contributed by atoms with Crippen LogP contribution in [0.25, 0.3) is 10.8 Å². The third kappa shape index (κ3) is 7.16. The third-order valence-electron chi connectivity index (χ3n) is 7.68. The highest BCUT2D eigenvalue weighted by molar-refractivity contribution is 7.92. The van der Waals surface area contributed by atoms with E-state index in [1.165, 1.54) is 0 Å². The van der Waals surface area contributed by atoms with Gasteiger partial charge in [-0.1, -0.05) is 93.6 Å². The Hall–Kier alpha value is -3.52. The monoisotopic (exact) mass is 564 g/mol. The van der Waals surface area contributed by atoms with Crippen molar-refractivity contribution in [3.63, 3.8) is 0 Å². The van der Waals surface area contributed by atoms with Crippen LogP contribution in [0.2, 0.25) is 0 Å². The Morgan fingerprint density at radius 2 is 1.48 bits per heavy atom. The predicted molar refractivity (Wildman–Crippen MR) is 160 cm³/mol. The molecule has 3 atom stereocenters. The molecule has 0 aliphatic heterocycles. The number of carbonyl (C=O) groups is 3. The minimum atomic E-state index is -3.66. The summed E-state index contributed by atoms with van der Waals surface area (Å²) in [4.78, 5) is 39.1. The molecule has 7 nitrogen and oxygen atoms in total. The normalized spacial score (nSPS) is 14.3. The fourth-order valence-electron chi connectivity index (χ4n) is 5.00. The van der Waals surface area contributed by atoms with Crippen LogP contribution in [-0.4, -0.2) is 49.1 Å². The fraction of sp³-hybridized carbons (Fsp3) is 0.406. The van der Waals surface area contributed by atoms with E-state index in [-0.39, 0.29) is 18.1 Å². The Kier molecular flexibility index (Phi) is 10.3.